The van der Waals surface area contributed by atoms with Gasteiger partial charge in [-0.05, 0) is 30.5 Å². The third-order valence-electron chi connectivity index (χ3n) is 3.14. The molecule has 0 N–H and O–H groups in total. The summed E-state index contributed by atoms with van der Waals surface area (Å²) in [5, 5.41) is 0. The van der Waals surface area contributed by atoms with E-state index in [1.165, 1.54) is 0 Å². The molecule has 1 aliphatic carbocycles. The van der Waals surface area contributed by atoms with Gasteiger partial charge in [0.15, 0.2) is 0 Å². The second-order valence-corrected chi connectivity index (χ2v) is 4.11. The number of isocyanates is 1. The molecule has 0 aromatic heterocycles. The Hall–Kier alpha value is -1.86. The van der Waals surface area contributed by atoms with Crippen molar-refractivity contribution in [3.63, 3.8) is 0 Å². The van der Waals surface area contributed by atoms with Gasteiger partial charge in [-0.25, -0.2) is 9.79 Å². The fraction of sp³-hybridized carbons (Fsp3) is 0.357. The van der Waals surface area contributed by atoms with Crippen LogP contribution < -0.4 is 4.74 Å². The Kier molecular flexibility index (Phi) is 3.73. The second kappa shape index (κ2) is 5.46. The molecule has 17 heavy (non-hydrogen) atoms. The summed E-state index contributed by atoms with van der Waals surface area (Å²) in [6.07, 6.45) is 7.60. The molecule has 0 radical (unpaired) electrons. The summed E-state index contributed by atoms with van der Waals surface area (Å²) in [5.74, 6) is 1.09. The molecule has 3 heteroatoms. The van der Waals surface area contributed by atoms with Gasteiger partial charge in [0.1, 0.15) is 5.75 Å². The number of carbonyl (C=O) groups excluding carboxylic acids is 1. The van der Waals surface area contributed by atoms with Crippen molar-refractivity contribution in [1.29, 1.82) is 0 Å². The summed E-state index contributed by atoms with van der Waals surface area (Å²) in [5.41, 5.74) is 1.16. The van der Waals surface area contributed by atoms with E-state index in [4.69, 9.17) is 4.74 Å². The van der Waals surface area contributed by atoms with Crippen molar-refractivity contribution in [2.24, 2.45) is 4.99 Å². The van der Waals surface area contributed by atoms with Crippen molar-refractivity contribution < 1.29 is 9.53 Å². The van der Waals surface area contributed by atoms with Crippen molar-refractivity contribution in [3.8, 4) is 5.75 Å². The lowest BCUT2D eigenvalue weighted by molar-refractivity contribution is 0.412. The first-order valence-electron chi connectivity index (χ1n) is 5.71. The molecule has 2 rings (SSSR count). The summed E-state index contributed by atoms with van der Waals surface area (Å²) in [6.45, 7) is 0. The number of aliphatic imine (C=N–C) groups is 1. The fourth-order valence-corrected chi connectivity index (χ4v) is 2.24. The number of methoxy groups -OCH3 is 1. The van der Waals surface area contributed by atoms with Crippen LogP contribution in [-0.4, -0.2) is 19.2 Å². The number of hydrogen-bond donors (Lipinski definition) is 0. The van der Waals surface area contributed by atoms with E-state index in [0.717, 1.165) is 24.2 Å². The van der Waals surface area contributed by atoms with Crippen LogP contribution >= 0.6 is 0 Å². The second-order valence-electron chi connectivity index (χ2n) is 4.11. The third-order valence-corrected chi connectivity index (χ3v) is 3.14. The largest absolute Gasteiger partial charge is 0.497 e. The topological polar surface area (TPSA) is 38.7 Å². The maximum absolute atomic E-state index is 10.4. The van der Waals surface area contributed by atoms with Gasteiger partial charge in [-0.1, -0.05) is 24.3 Å². The molecule has 1 aliphatic rings. The first-order valence-corrected chi connectivity index (χ1v) is 5.71. The first-order chi connectivity index (χ1) is 8.35. The highest BCUT2D eigenvalue weighted by Gasteiger charge is 2.23. The van der Waals surface area contributed by atoms with E-state index in [2.05, 4.69) is 23.2 Å². The van der Waals surface area contributed by atoms with Crippen LogP contribution in [-0.2, 0) is 4.79 Å². The number of ether oxygens (including phenoxy) is 1. The Morgan fingerprint density at radius 1 is 1.35 bits per heavy atom. The predicted molar refractivity (Wildman–Crippen MR) is 66.0 cm³/mol. The van der Waals surface area contributed by atoms with Gasteiger partial charge in [0, 0.05) is 5.92 Å². The van der Waals surface area contributed by atoms with Crippen LogP contribution in [0.5, 0.6) is 5.75 Å². The Balaban J connectivity index is 2.29. The highest BCUT2D eigenvalue weighted by molar-refractivity contribution is 5.37. The molecule has 0 saturated carbocycles. The standard InChI is InChI=1S/C14H15NO2/c1-17-12-6-4-5-11(9-12)13-7-2-3-8-14(13)15-10-16/h2-6,9,13-14H,7-8H2,1H3/t13-,14+/m0/s1. The lowest BCUT2D eigenvalue weighted by Gasteiger charge is -2.24. The summed E-state index contributed by atoms with van der Waals surface area (Å²) < 4.78 is 5.21. The van der Waals surface area contributed by atoms with Gasteiger partial charge in [0.05, 0.1) is 13.2 Å². The van der Waals surface area contributed by atoms with Crippen LogP contribution in [0.4, 0.5) is 0 Å². The fourth-order valence-electron chi connectivity index (χ4n) is 2.24. The third kappa shape index (κ3) is 2.63. The number of rotatable bonds is 3. The van der Waals surface area contributed by atoms with Gasteiger partial charge in [0.2, 0.25) is 6.08 Å². The molecule has 88 valence electrons. The van der Waals surface area contributed by atoms with Gasteiger partial charge in [-0.2, -0.15) is 0 Å². The molecular formula is C14H15NO2. The minimum atomic E-state index is 0.00426. The van der Waals surface area contributed by atoms with Crippen molar-refractivity contribution in [3.05, 3.63) is 42.0 Å². The summed E-state index contributed by atoms with van der Waals surface area (Å²) >= 11 is 0. The molecule has 0 spiro atoms. The van der Waals surface area contributed by atoms with Crippen LogP contribution in [0.1, 0.15) is 24.3 Å². The molecular weight excluding hydrogens is 214 g/mol. The lowest BCUT2D eigenvalue weighted by Crippen LogP contribution is -2.18. The van der Waals surface area contributed by atoms with E-state index in [-0.39, 0.29) is 12.0 Å². The van der Waals surface area contributed by atoms with E-state index in [1.807, 2.05) is 18.2 Å². The molecule has 0 fully saturated rings. The van der Waals surface area contributed by atoms with Crippen LogP contribution in [0.25, 0.3) is 0 Å². The van der Waals surface area contributed by atoms with Crippen LogP contribution in [0.3, 0.4) is 0 Å². The molecule has 0 heterocycles. The van der Waals surface area contributed by atoms with Gasteiger partial charge >= 0.3 is 0 Å². The zero-order valence-electron chi connectivity index (χ0n) is 9.80. The Morgan fingerprint density at radius 3 is 2.94 bits per heavy atom. The summed E-state index contributed by atoms with van der Waals surface area (Å²) in [4.78, 5) is 14.3. The maximum Gasteiger partial charge on any atom is 0.235 e. The lowest BCUT2D eigenvalue weighted by atomic mass is 9.84. The van der Waals surface area contributed by atoms with Crippen LogP contribution in [0.15, 0.2) is 41.4 Å². The quantitative estimate of drug-likeness (QED) is 0.454. The monoisotopic (exact) mass is 229 g/mol. The average Bonchev–Trinajstić information content (AvgIpc) is 2.40. The smallest absolute Gasteiger partial charge is 0.235 e. The molecule has 2 atom stereocenters. The van der Waals surface area contributed by atoms with E-state index in [0.29, 0.717) is 0 Å². The van der Waals surface area contributed by atoms with Crippen molar-refractivity contribution in [2.45, 2.75) is 24.8 Å². The Bertz CT molecular complexity index is 461. The molecule has 0 bridgehead atoms. The number of hydrogen-bond acceptors (Lipinski definition) is 3. The minimum absolute atomic E-state index is 0.00426. The Labute approximate surface area is 101 Å². The maximum atomic E-state index is 10.4. The van der Waals surface area contributed by atoms with Crippen molar-refractivity contribution in [1.82, 2.24) is 0 Å². The van der Waals surface area contributed by atoms with E-state index >= 15 is 0 Å². The van der Waals surface area contributed by atoms with Crippen LogP contribution in [0, 0.1) is 0 Å². The molecule has 0 aliphatic heterocycles. The normalized spacial score (nSPS) is 22.9. The summed E-state index contributed by atoms with van der Waals surface area (Å²) in [6, 6.07) is 7.95. The van der Waals surface area contributed by atoms with Gasteiger partial charge in [-0.15, -0.1) is 0 Å². The predicted octanol–water partition coefficient (Wildman–Crippen LogP) is 2.83. The summed E-state index contributed by atoms with van der Waals surface area (Å²) in [7, 11) is 1.65. The zero-order chi connectivity index (χ0) is 12.1. The van der Waals surface area contributed by atoms with Crippen LogP contribution in [0.2, 0.25) is 0 Å². The zero-order valence-corrected chi connectivity index (χ0v) is 9.80. The molecule has 1 aromatic carbocycles. The van der Waals surface area contributed by atoms with E-state index in [1.54, 1.807) is 13.2 Å². The highest BCUT2D eigenvalue weighted by Crippen LogP contribution is 2.33. The number of allylic oxidation sites excluding steroid dienone is 1. The molecule has 3 nitrogen and oxygen atoms in total. The van der Waals surface area contributed by atoms with Crippen molar-refractivity contribution >= 4 is 6.08 Å². The molecule has 1 aromatic rings. The SMILES string of the molecule is COc1cccc([C@@H]2CC=CC[C@H]2N=C=O)c1. The van der Waals surface area contributed by atoms with Gasteiger partial charge < -0.3 is 4.74 Å². The molecule has 0 saturated heterocycles. The Morgan fingerprint density at radius 2 is 2.18 bits per heavy atom. The highest BCUT2D eigenvalue weighted by atomic mass is 16.5. The average molecular weight is 229 g/mol. The van der Waals surface area contributed by atoms with Gasteiger partial charge in [-0.3, -0.25) is 0 Å². The van der Waals surface area contributed by atoms with E-state index < -0.39 is 0 Å². The number of benzene rings is 1. The first kappa shape index (κ1) is 11.6. The van der Waals surface area contributed by atoms with Crippen molar-refractivity contribution in [2.75, 3.05) is 7.11 Å². The molecule has 0 unspecified atom stereocenters. The molecule has 0 amide bonds. The number of nitrogens with zero attached hydrogens (tertiary/aromatic N) is 1. The van der Waals surface area contributed by atoms with E-state index in [9.17, 15) is 4.79 Å². The minimum Gasteiger partial charge on any atom is -0.497 e. The van der Waals surface area contributed by atoms with Gasteiger partial charge in [0.25, 0.3) is 0 Å².